The molecule has 1 aromatic carbocycles. The number of benzene rings is 1. The molecular formula is C22H26O3. The maximum Gasteiger partial charge on any atom is 0.330 e. The van der Waals surface area contributed by atoms with E-state index in [-0.39, 0.29) is 5.97 Å². The fourth-order valence-electron chi connectivity index (χ4n) is 2.77. The lowest BCUT2D eigenvalue weighted by molar-refractivity contribution is -0.137. The van der Waals surface area contributed by atoms with Crippen LogP contribution in [0.5, 0.6) is 5.75 Å². The minimum absolute atomic E-state index is 0.309. The molecule has 0 atom stereocenters. The Labute approximate surface area is 150 Å². The van der Waals surface area contributed by atoms with Crippen molar-refractivity contribution in [1.29, 1.82) is 0 Å². The predicted molar refractivity (Wildman–Crippen MR) is 103 cm³/mol. The molecule has 0 unspecified atom stereocenters. The highest BCUT2D eigenvalue weighted by Crippen LogP contribution is 2.32. The van der Waals surface area contributed by atoms with Crippen LogP contribution in [0.4, 0.5) is 0 Å². The first-order valence-electron chi connectivity index (χ1n) is 8.55. The molecule has 2 rings (SSSR count). The van der Waals surface area contributed by atoms with Gasteiger partial charge in [-0.05, 0) is 69.0 Å². The Morgan fingerprint density at radius 2 is 2.04 bits per heavy atom. The quantitative estimate of drug-likeness (QED) is 0.426. The van der Waals surface area contributed by atoms with Gasteiger partial charge in [-0.25, -0.2) is 4.79 Å². The van der Waals surface area contributed by atoms with Gasteiger partial charge in [0.15, 0.2) is 0 Å². The van der Waals surface area contributed by atoms with E-state index >= 15 is 0 Å². The third-order valence-electron chi connectivity index (χ3n) is 3.99. The van der Waals surface area contributed by atoms with Crippen LogP contribution in [-0.2, 0) is 9.53 Å². The number of esters is 1. The number of allylic oxidation sites excluding steroid dienone is 4. The molecule has 25 heavy (non-hydrogen) atoms. The number of carbonyl (C=O) groups is 1. The van der Waals surface area contributed by atoms with Crippen LogP contribution in [0.25, 0.3) is 6.08 Å². The van der Waals surface area contributed by atoms with E-state index in [2.05, 4.69) is 39.0 Å². The zero-order valence-corrected chi connectivity index (χ0v) is 15.7. The van der Waals surface area contributed by atoms with Crippen LogP contribution in [0.15, 0.2) is 53.2 Å². The van der Waals surface area contributed by atoms with E-state index in [4.69, 9.17) is 9.47 Å². The molecule has 1 aliphatic heterocycles. The molecule has 0 spiro atoms. The Morgan fingerprint density at radius 3 is 2.76 bits per heavy atom. The zero-order chi connectivity index (χ0) is 18.4. The molecule has 3 nitrogen and oxygen atoms in total. The highest BCUT2D eigenvalue weighted by molar-refractivity contribution is 5.83. The van der Waals surface area contributed by atoms with Gasteiger partial charge in [-0.2, -0.15) is 0 Å². The Hall–Kier alpha value is -2.55. The Kier molecular flexibility index (Phi) is 6.40. The normalized spacial score (nSPS) is 14.8. The first kappa shape index (κ1) is 18.8. The summed E-state index contributed by atoms with van der Waals surface area (Å²) in [6, 6.07) is 4.29. The molecule has 0 radical (unpaired) electrons. The summed E-state index contributed by atoms with van der Waals surface area (Å²) in [4.78, 5) is 11.4. The minimum Gasteiger partial charge on any atom is -0.488 e. The lowest BCUT2D eigenvalue weighted by Crippen LogP contribution is -2.09. The van der Waals surface area contributed by atoms with E-state index in [1.165, 1.54) is 17.2 Å². The molecule has 0 bridgehead atoms. The van der Waals surface area contributed by atoms with Crippen LogP contribution in [0.2, 0.25) is 0 Å². The fraction of sp³-hybridized carbons (Fsp3) is 0.318. The van der Waals surface area contributed by atoms with E-state index in [9.17, 15) is 4.79 Å². The van der Waals surface area contributed by atoms with Crippen molar-refractivity contribution < 1.29 is 14.3 Å². The van der Waals surface area contributed by atoms with Crippen LogP contribution in [-0.4, -0.2) is 19.2 Å². The first-order chi connectivity index (χ1) is 11.9. The van der Waals surface area contributed by atoms with E-state index in [0.717, 1.165) is 28.0 Å². The van der Waals surface area contributed by atoms with Crippen molar-refractivity contribution in [2.45, 2.75) is 34.6 Å². The van der Waals surface area contributed by atoms with Crippen LogP contribution < -0.4 is 4.74 Å². The molecule has 1 heterocycles. The lowest BCUT2D eigenvalue weighted by Gasteiger charge is -2.20. The summed E-state index contributed by atoms with van der Waals surface area (Å²) in [6.07, 6.45) is 9.56. The molecule has 0 saturated heterocycles. The van der Waals surface area contributed by atoms with Crippen LogP contribution in [0.1, 0.15) is 37.5 Å². The van der Waals surface area contributed by atoms with Gasteiger partial charge in [-0.1, -0.05) is 29.9 Å². The third-order valence-corrected chi connectivity index (χ3v) is 3.99. The zero-order valence-electron chi connectivity index (χ0n) is 15.7. The summed E-state index contributed by atoms with van der Waals surface area (Å²) in [6.45, 7) is 10.9. The molecule has 1 aliphatic rings. The van der Waals surface area contributed by atoms with Gasteiger partial charge in [0.25, 0.3) is 0 Å². The second-order valence-electron chi connectivity index (χ2n) is 6.31. The highest BCUT2D eigenvalue weighted by Gasteiger charge is 2.14. The second-order valence-corrected chi connectivity index (χ2v) is 6.31. The number of fused-ring (bicyclic) bond motifs is 1. The van der Waals surface area contributed by atoms with E-state index in [1.54, 1.807) is 6.92 Å². The Balaban J connectivity index is 2.13. The molecule has 0 aromatic heterocycles. The van der Waals surface area contributed by atoms with Crippen molar-refractivity contribution in [2.24, 2.45) is 0 Å². The number of aryl methyl sites for hydroxylation is 2. The van der Waals surface area contributed by atoms with Gasteiger partial charge < -0.3 is 9.47 Å². The van der Waals surface area contributed by atoms with Crippen molar-refractivity contribution in [1.82, 2.24) is 0 Å². The molecule has 0 amide bonds. The van der Waals surface area contributed by atoms with Gasteiger partial charge in [0.05, 0.1) is 6.61 Å². The van der Waals surface area contributed by atoms with E-state index in [1.807, 2.05) is 25.2 Å². The largest absolute Gasteiger partial charge is 0.488 e. The summed E-state index contributed by atoms with van der Waals surface area (Å²) in [7, 11) is 0. The standard InChI is InChI=1S/C22H26O3/c1-6-24-21(23)12-15(2)8-7-9-17(4)20-13-19-11-16(3)10-18(5)22(19)25-14-20/h7-13H,6,14H2,1-5H3. The fourth-order valence-corrected chi connectivity index (χ4v) is 2.77. The number of hydrogen-bond acceptors (Lipinski definition) is 3. The van der Waals surface area contributed by atoms with Gasteiger partial charge in [0, 0.05) is 11.6 Å². The smallest absolute Gasteiger partial charge is 0.330 e. The monoisotopic (exact) mass is 338 g/mol. The van der Waals surface area contributed by atoms with E-state index < -0.39 is 0 Å². The van der Waals surface area contributed by atoms with Crippen molar-refractivity contribution in [2.75, 3.05) is 13.2 Å². The molecule has 3 heteroatoms. The SMILES string of the molecule is CCOC(=O)C=C(C)C=CC=C(C)C1=Cc2cc(C)cc(C)c2OC1. The number of hydrogen-bond donors (Lipinski definition) is 0. The van der Waals surface area contributed by atoms with Crippen molar-refractivity contribution in [3.63, 3.8) is 0 Å². The van der Waals surface area contributed by atoms with Crippen molar-refractivity contribution >= 4 is 12.0 Å². The second kappa shape index (κ2) is 8.52. The Bertz CT molecular complexity index is 777. The van der Waals surface area contributed by atoms with Crippen molar-refractivity contribution in [3.8, 4) is 5.75 Å². The number of carbonyl (C=O) groups excluding carboxylic acids is 1. The molecule has 1 aromatic rings. The van der Waals surface area contributed by atoms with Crippen LogP contribution >= 0.6 is 0 Å². The van der Waals surface area contributed by atoms with Gasteiger partial charge >= 0.3 is 5.97 Å². The van der Waals surface area contributed by atoms with E-state index in [0.29, 0.717) is 13.2 Å². The summed E-state index contributed by atoms with van der Waals surface area (Å²) < 4.78 is 10.8. The predicted octanol–water partition coefficient (Wildman–Crippen LogP) is 5.09. The maximum absolute atomic E-state index is 11.4. The van der Waals surface area contributed by atoms with Crippen LogP contribution in [0.3, 0.4) is 0 Å². The van der Waals surface area contributed by atoms with Crippen LogP contribution in [0, 0.1) is 13.8 Å². The lowest BCUT2D eigenvalue weighted by atomic mass is 9.98. The molecule has 0 fully saturated rings. The molecule has 0 N–H and O–H groups in total. The van der Waals surface area contributed by atoms with Gasteiger partial charge in [0.2, 0.25) is 0 Å². The topological polar surface area (TPSA) is 35.5 Å². The molecule has 0 saturated carbocycles. The summed E-state index contributed by atoms with van der Waals surface area (Å²) in [5, 5.41) is 0. The average Bonchev–Trinajstić information content (AvgIpc) is 2.54. The first-order valence-corrected chi connectivity index (χ1v) is 8.55. The summed E-state index contributed by atoms with van der Waals surface area (Å²) >= 11 is 0. The van der Waals surface area contributed by atoms with Gasteiger partial charge in [-0.3, -0.25) is 0 Å². The van der Waals surface area contributed by atoms with Gasteiger partial charge in [-0.15, -0.1) is 0 Å². The summed E-state index contributed by atoms with van der Waals surface area (Å²) in [5.74, 6) is 0.669. The molecule has 132 valence electrons. The highest BCUT2D eigenvalue weighted by atomic mass is 16.5. The average molecular weight is 338 g/mol. The Morgan fingerprint density at radius 1 is 1.28 bits per heavy atom. The number of ether oxygens (including phenoxy) is 2. The molecule has 0 aliphatic carbocycles. The minimum atomic E-state index is -0.309. The van der Waals surface area contributed by atoms with Gasteiger partial charge in [0.1, 0.15) is 12.4 Å². The number of rotatable bonds is 5. The van der Waals surface area contributed by atoms with Crippen molar-refractivity contribution in [3.05, 3.63) is 69.8 Å². The molecular weight excluding hydrogens is 312 g/mol. The maximum atomic E-state index is 11.4. The summed E-state index contributed by atoms with van der Waals surface area (Å²) in [5.41, 5.74) is 6.70. The third kappa shape index (κ3) is 5.21.